The molecule has 1 rings (SSSR count). The minimum atomic E-state index is 0.178. The lowest BCUT2D eigenvalue weighted by Gasteiger charge is -2.13. The summed E-state index contributed by atoms with van der Waals surface area (Å²) in [5.41, 5.74) is 0. The minimum Gasteiger partial charge on any atom is -0.478 e. The molecule has 0 aliphatic heterocycles. The average Bonchev–Trinajstić information content (AvgIpc) is 2.27. The summed E-state index contributed by atoms with van der Waals surface area (Å²) in [6.45, 7) is 7.87. The van der Waals surface area contributed by atoms with Gasteiger partial charge in [0.05, 0.1) is 13.2 Å². The Hall–Kier alpha value is -1.36. The Morgan fingerprint density at radius 2 is 2.19 bits per heavy atom. The molecule has 0 spiro atoms. The molecule has 0 aromatic carbocycles. The number of hydrogen-bond donors (Lipinski definition) is 1. The van der Waals surface area contributed by atoms with Crippen molar-refractivity contribution in [1.29, 1.82) is 0 Å². The first-order valence-corrected chi connectivity index (χ1v) is 5.56. The van der Waals surface area contributed by atoms with Crippen molar-refractivity contribution in [2.75, 3.05) is 25.1 Å². The highest BCUT2D eigenvalue weighted by Gasteiger charge is 2.04. The van der Waals surface area contributed by atoms with Gasteiger partial charge in [-0.15, -0.1) is 0 Å². The molecule has 1 aromatic heterocycles. The monoisotopic (exact) mass is 225 g/mol. The highest BCUT2D eigenvalue weighted by atomic mass is 16.5. The molecule has 1 atom stereocenters. The van der Waals surface area contributed by atoms with Gasteiger partial charge >= 0.3 is 0 Å². The van der Waals surface area contributed by atoms with E-state index in [1.54, 1.807) is 12.3 Å². The Morgan fingerprint density at radius 3 is 2.88 bits per heavy atom. The molecule has 1 aromatic rings. The van der Waals surface area contributed by atoms with Gasteiger partial charge in [0.1, 0.15) is 0 Å². The molecule has 0 bridgehead atoms. The van der Waals surface area contributed by atoms with Crippen LogP contribution in [0.1, 0.15) is 20.8 Å². The van der Waals surface area contributed by atoms with Gasteiger partial charge in [-0.25, -0.2) is 4.98 Å². The lowest BCUT2D eigenvalue weighted by molar-refractivity contribution is 0.141. The number of ether oxygens (including phenoxy) is 2. The van der Waals surface area contributed by atoms with Crippen LogP contribution in [0.15, 0.2) is 12.3 Å². The van der Waals surface area contributed by atoms with Gasteiger partial charge in [0, 0.05) is 24.9 Å². The SMILES string of the molecule is CCOCC(C)Nc1nccc(OCC)n1. The third-order valence-corrected chi connectivity index (χ3v) is 1.87. The Bertz CT molecular complexity index is 307. The Kier molecular flexibility index (Phi) is 5.56. The molecule has 16 heavy (non-hydrogen) atoms. The van der Waals surface area contributed by atoms with E-state index in [2.05, 4.69) is 15.3 Å². The summed E-state index contributed by atoms with van der Waals surface area (Å²) < 4.78 is 10.6. The van der Waals surface area contributed by atoms with Crippen molar-refractivity contribution >= 4 is 5.95 Å². The van der Waals surface area contributed by atoms with Crippen LogP contribution >= 0.6 is 0 Å². The molecular formula is C11H19N3O2. The predicted molar refractivity (Wildman–Crippen MR) is 62.8 cm³/mol. The van der Waals surface area contributed by atoms with Crippen LogP contribution in [0.3, 0.4) is 0 Å². The normalized spacial score (nSPS) is 12.2. The van der Waals surface area contributed by atoms with Gasteiger partial charge in [-0.05, 0) is 20.8 Å². The van der Waals surface area contributed by atoms with E-state index in [1.165, 1.54) is 0 Å². The number of nitrogens with zero attached hydrogens (tertiary/aromatic N) is 2. The van der Waals surface area contributed by atoms with Crippen LogP contribution in [0, 0.1) is 0 Å². The number of hydrogen-bond acceptors (Lipinski definition) is 5. The first kappa shape index (κ1) is 12.7. The van der Waals surface area contributed by atoms with Crippen LogP contribution in [-0.4, -0.2) is 35.8 Å². The highest BCUT2D eigenvalue weighted by Crippen LogP contribution is 2.08. The van der Waals surface area contributed by atoms with Gasteiger partial charge in [0.25, 0.3) is 0 Å². The zero-order valence-corrected chi connectivity index (χ0v) is 10.1. The fourth-order valence-electron chi connectivity index (χ4n) is 1.20. The second kappa shape index (κ2) is 7.00. The molecule has 0 saturated heterocycles. The van der Waals surface area contributed by atoms with Crippen LogP contribution in [0.25, 0.3) is 0 Å². The summed E-state index contributed by atoms with van der Waals surface area (Å²) in [4.78, 5) is 8.32. The van der Waals surface area contributed by atoms with Gasteiger partial charge in [0.2, 0.25) is 11.8 Å². The van der Waals surface area contributed by atoms with E-state index in [0.29, 0.717) is 31.6 Å². The van der Waals surface area contributed by atoms with Crippen molar-refractivity contribution < 1.29 is 9.47 Å². The highest BCUT2D eigenvalue weighted by molar-refractivity contribution is 5.28. The van der Waals surface area contributed by atoms with Gasteiger partial charge < -0.3 is 14.8 Å². The minimum absolute atomic E-state index is 0.178. The Morgan fingerprint density at radius 1 is 1.38 bits per heavy atom. The summed E-state index contributed by atoms with van der Waals surface area (Å²) in [5.74, 6) is 1.15. The van der Waals surface area contributed by atoms with Crippen molar-refractivity contribution in [1.82, 2.24) is 9.97 Å². The molecule has 0 fully saturated rings. The van der Waals surface area contributed by atoms with Gasteiger partial charge in [-0.1, -0.05) is 0 Å². The standard InChI is InChI=1S/C11H19N3O2/c1-4-15-8-9(3)13-11-12-7-6-10(14-11)16-5-2/h6-7,9H,4-5,8H2,1-3H3,(H,12,13,14). The average molecular weight is 225 g/mol. The molecule has 0 aliphatic carbocycles. The number of rotatable bonds is 7. The number of nitrogens with one attached hydrogen (secondary N) is 1. The van der Waals surface area contributed by atoms with Crippen LogP contribution in [0.2, 0.25) is 0 Å². The quantitative estimate of drug-likeness (QED) is 0.765. The molecule has 1 heterocycles. The van der Waals surface area contributed by atoms with Crippen molar-refractivity contribution in [2.45, 2.75) is 26.8 Å². The molecule has 0 aliphatic rings. The van der Waals surface area contributed by atoms with Gasteiger partial charge in [-0.2, -0.15) is 4.98 Å². The molecule has 0 saturated carbocycles. The van der Waals surface area contributed by atoms with Crippen LogP contribution in [0.5, 0.6) is 5.88 Å². The molecule has 5 nitrogen and oxygen atoms in total. The van der Waals surface area contributed by atoms with E-state index in [-0.39, 0.29) is 6.04 Å². The fourth-order valence-corrected chi connectivity index (χ4v) is 1.20. The fraction of sp³-hybridized carbons (Fsp3) is 0.636. The van der Waals surface area contributed by atoms with Crippen molar-refractivity contribution in [3.05, 3.63) is 12.3 Å². The van der Waals surface area contributed by atoms with E-state index in [4.69, 9.17) is 9.47 Å². The van der Waals surface area contributed by atoms with Gasteiger partial charge in [0.15, 0.2) is 0 Å². The predicted octanol–water partition coefficient (Wildman–Crippen LogP) is 1.71. The molecule has 1 N–H and O–H groups in total. The first-order chi connectivity index (χ1) is 7.76. The summed E-state index contributed by atoms with van der Waals surface area (Å²) >= 11 is 0. The van der Waals surface area contributed by atoms with Crippen LogP contribution in [0.4, 0.5) is 5.95 Å². The van der Waals surface area contributed by atoms with Crippen molar-refractivity contribution in [3.8, 4) is 5.88 Å². The van der Waals surface area contributed by atoms with Gasteiger partial charge in [-0.3, -0.25) is 0 Å². The molecule has 90 valence electrons. The molecule has 0 radical (unpaired) electrons. The molecular weight excluding hydrogens is 206 g/mol. The van der Waals surface area contributed by atoms with E-state index < -0.39 is 0 Å². The smallest absolute Gasteiger partial charge is 0.226 e. The van der Waals surface area contributed by atoms with Crippen molar-refractivity contribution in [2.24, 2.45) is 0 Å². The Balaban J connectivity index is 2.49. The zero-order chi connectivity index (χ0) is 11.8. The van der Waals surface area contributed by atoms with E-state index >= 15 is 0 Å². The lowest BCUT2D eigenvalue weighted by Crippen LogP contribution is -2.23. The molecule has 1 unspecified atom stereocenters. The van der Waals surface area contributed by atoms with E-state index in [1.807, 2.05) is 20.8 Å². The summed E-state index contributed by atoms with van der Waals surface area (Å²) in [5, 5.41) is 3.15. The van der Waals surface area contributed by atoms with E-state index in [9.17, 15) is 0 Å². The Labute approximate surface area is 96.2 Å². The summed E-state index contributed by atoms with van der Waals surface area (Å²) in [7, 11) is 0. The zero-order valence-electron chi connectivity index (χ0n) is 10.1. The number of aromatic nitrogens is 2. The van der Waals surface area contributed by atoms with E-state index in [0.717, 1.165) is 0 Å². The lowest BCUT2D eigenvalue weighted by atomic mass is 10.4. The summed E-state index contributed by atoms with van der Waals surface area (Å²) in [6, 6.07) is 1.92. The second-order valence-electron chi connectivity index (χ2n) is 3.36. The van der Waals surface area contributed by atoms with Crippen molar-refractivity contribution in [3.63, 3.8) is 0 Å². The maximum absolute atomic E-state index is 5.30. The summed E-state index contributed by atoms with van der Waals surface area (Å²) in [6.07, 6.45) is 1.67. The van der Waals surface area contributed by atoms with Crippen LogP contribution < -0.4 is 10.1 Å². The topological polar surface area (TPSA) is 56.3 Å². The largest absolute Gasteiger partial charge is 0.478 e. The molecule has 5 heteroatoms. The maximum Gasteiger partial charge on any atom is 0.226 e. The van der Waals surface area contributed by atoms with Crippen LogP contribution in [-0.2, 0) is 4.74 Å². The second-order valence-corrected chi connectivity index (χ2v) is 3.36. The number of anilines is 1. The third-order valence-electron chi connectivity index (χ3n) is 1.87. The molecule has 0 amide bonds. The third kappa shape index (κ3) is 4.44. The first-order valence-electron chi connectivity index (χ1n) is 5.56. The maximum atomic E-state index is 5.30.